The van der Waals surface area contributed by atoms with Gasteiger partial charge in [-0.05, 0) is 25.1 Å². The van der Waals surface area contributed by atoms with Crippen molar-refractivity contribution >= 4 is 35.1 Å². The molecule has 0 fully saturated rings. The predicted molar refractivity (Wildman–Crippen MR) is 97.2 cm³/mol. The van der Waals surface area contributed by atoms with Crippen molar-refractivity contribution in [2.45, 2.75) is 11.8 Å². The van der Waals surface area contributed by atoms with E-state index in [1.165, 1.54) is 16.3 Å². The van der Waals surface area contributed by atoms with Crippen LogP contribution < -0.4 is 5.32 Å². The van der Waals surface area contributed by atoms with Crippen molar-refractivity contribution in [3.63, 3.8) is 0 Å². The Bertz CT molecular complexity index is 1040. The molecular formula is C17H14N6O3S. The van der Waals surface area contributed by atoms with E-state index in [1.54, 1.807) is 43.5 Å². The number of fused-ring (bicyclic) bond motifs is 1. The Morgan fingerprint density at radius 3 is 2.93 bits per heavy atom. The molecule has 0 unspecified atom stereocenters. The number of nitrogens with one attached hydrogen (secondary N) is 1. The Balaban J connectivity index is 1.61. The van der Waals surface area contributed by atoms with Crippen LogP contribution >= 0.6 is 11.8 Å². The molecule has 0 aliphatic rings. The van der Waals surface area contributed by atoms with E-state index in [1.807, 2.05) is 6.07 Å². The molecule has 0 aliphatic carbocycles. The van der Waals surface area contributed by atoms with E-state index in [9.17, 15) is 9.59 Å². The summed E-state index contributed by atoms with van der Waals surface area (Å²) in [6.07, 6.45) is 1.56. The van der Waals surface area contributed by atoms with Crippen LogP contribution in [0.4, 0.5) is 5.69 Å². The van der Waals surface area contributed by atoms with Crippen LogP contribution in [0.25, 0.3) is 5.78 Å². The standard InChI is InChI=1S/C17H14N6O3S/c1-11-6-8-19-17-21-15(22-23(11)17)16(25)26-10-14(24)20-12-4-2-3-5-13(12)27-9-7-18/h2-6,8H,9-10H2,1H3,(H,20,24). The normalized spacial score (nSPS) is 10.4. The second-order valence-corrected chi connectivity index (χ2v) is 6.32. The van der Waals surface area contributed by atoms with Crippen molar-refractivity contribution in [3.8, 4) is 6.07 Å². The molecule has 0 radical (unpaired) electrons. The lowest BCUT2D eigenvalue weighted by Crippen LogP contribution is -2.21. The van der Waals surface area contributed by atoms with E-state index in [4.69, 9.17) is 10.00 Å². The van der Waals surface area contributed by atoms with Gasteiger partial charge in [-0.3, -0.25) is 4.79 Å². The number of carbonyl (C=O) groups is 2. The number of aryl methyl sites for hydroxylation is 1. The first kappa shape index (κ1) is 18.3. The van der Waals surface area contributed by atoms with Crippen LogP contribution in [0.2, 0.25) is 0 Å². The fraction of sp³-hybridized carbons (Fsp3) is 0.176. The second kappa shape index (κ2) is 8.29. The summed E-state index contributed by atoms with van der Waals surface area (Å²) >= 11 is 1.30. The number of para-hydroxylation sites is 1. The van der Waals surface area contributed by atoms with Gasteiger partial charge >= 0.3 is 5.97 Å². The summed E-state index contributed by atoms with van der Waals surface area (Å²) in [6.45, 7) is 1.31. The van der Waals surface area contributed by atoms with Crippen molar-refractivity contribution in [1.82, 2.24) is 19.6 Å². The molecule has 0 aliphatic heterocycles. The van der Waals surface area contributed by atoms with Gasteiger partial charge in [-0.2, -0.15) is 10.2 Å². The van der Waals surface area contributed by atoms with Gasteiger partial charge in [0.15, 0.2) is 6.61 Å². The predicted octanol–water partition coefficient (Wildman–Crippen LogP) is 1.84. The third-order valence-corrected chi connectivity index (χ3v) is 4.34. The number of carbonyl (C=O) groups excluding carboxylic acids is 2. The number of nitriles is 1. The lowest BCUT2D eigenvalue weighted by atomic mass is 10.3. The highest BCUT2D eigenvalue weighted by molar-refractivity contribution is 7.99. The second-order valence-electron chi connectivity index (χ2n) is 5.30. The van der Waals surface area contributed by atoms with Gasteiger partial charge in [0.25, 0.3) is 17.5 Å². The zero-order chi connectivity index (χ0) is 19.2. The van der Waals surface area contributed by atoms with Gasteiger partial charge in [0.1, 0.15) is 0 Å². The van der Waals surface area contributed by atoms with Crippen LogP contribution in [0.5, 0.6) is 0 Å². The smallest absolute Gasteiger partial charge is 0.378 e. The van der Waals surface area contributed by atoms with Crippen molar-refractivity contribution in [2.24, 2.45) is 0 Å². The van der Waals surface area contributed by atoms with Crippen LogP contribution in [-0.4, -0.2) is 43.8 Å². The summed E-state index contributed by atoms with van der Waals surface area (Å²) in [5, 5.41) is 15.4. The highest BCUT2D eigenvalue weighted by Crippen LogP contribution is 2.26. The fourth-order valence-electron chi connectivity index (χ4n) is 2.18. The lowest BCUT2D eigenvalue weighted by molar-refractivity contribution is -0.119. The fourth-order valence-corrected chi connectivity index (χ4v) is 2.85. The summed E-state index contributed by atoms with van der Waals surface area (Å²) in [4.78, 5) is 32.9. The Labute approximate surface area is 158 Å². The molecule has 0 spiro atoms. The van der Waals surface area contributed by atoms with E-state index < -0.39 is 18.5 Å². The molecule has 0 bridgehead atoms. The average molecular weight is 382 g/mol. The summed E-state index contributed by atoms with van der Waals surface area (Å²) in [5.74, 6) is -0.965. The maximum atomic E-state index is 12.1. The molecule has 9 nitrogen and oxygen atoms in total. The molecule has 136 valence electrons. The minimum atomic E-state index is -0.817. The zero-order valence-electron chi connectivity index (χ0n) is 14.2. The van der Waals surface area contributed by atoms with Crippen LogP contribution in [0.3, 0.4) is 0 Å². The molecule has 2 aromatic heterocycles. The number of aromatic nitrogens is 4. The Morgan fingerprint density at radius 2 is 2.15 bits per heavy atom. The van der Waals surface area contributed by atoms with Crippen LogP contribution in [0.15, 0.2) is 41.4 Å². The number of anilines is 1. The molecule has 10 heteroatoms. The molecule has 1 aromatic carbocycles. The van der Waals surface area contributed by atoms with E-state index in [2.05, 4.69) is 20.4 Å². The quantitative estimate of drug-likeness (QED) is 0.506. The molecule has 0 saturated heterocycles. The number of ether oxygens (including phenoxy) is 1. The number of rotatable bonds is 6. The molecule has 27 heavy (non-hydrogen) atoms. The van der Waals surface area contributed by atoms with Gasteiger partial charge in [-0.1, -0.05) is 12.1 Å². The van der Waals surface area contributed by atoms with Crippen molar-refractivity contribution in [1.29, 1.82) is 5.26 Å². The Morgan fingerprint density at radius 1 is 1.33 bits per heavy atom. The van der Waals surface area contributed by atoms with Crippen LogP contribution in [0, 0.1) is 18.3 Å². The van der Waals surface area contributed by atoms with E-state index >= 15 is 0 Å². The van der Waals surface area contributed by atoms with Crippen LogP contribution in [-0.2, 0) is 9.53 Å². The third kappa shape index (κ3) is 4.39. The van der Waals surface area contributed by atoms with Crippen molar-refractivity contribution in [2.75, 3.05) is 17.7 Å². The molecule has 3 aromatic rings. The molecule has 0 saturated carbocycles. The molecule has 3 rings (SSSR count). The topological polar surface area (TPSA) is 122 Å². The monoisotopic (exact) mass is 382 g/mol. The highest BCUT2D eigenvalue weighted by Gasteiger charge is 2.17. The highest BCUT2D eigenvalue weighted by atomic mass is 32.2. The van der Waals surface area contributed by atoms with Crippen molar-refractivity contribution in [3.05, 3.63) is 48.0 Å². The third-order valence-electron chi connectivity index (χ3n) is 3.40. The maximum Gasteiger partial charge on any atom is 0.378 e. The first-order valence-corrected chi connectivity index (χ1v) is 8.81. The van der Waals surface area contributed by atoms with Gasteiger partial charge in [-0.15, -0.1) is 16.9 Å². The molecule has 1 amide bonds. The largest absolute Gasteiger partial charge is 0.450 e. The number of hydrogen-bond donors (Lipinski definition) is 1. The SMILES string of the molecule is Cc1ccnc2nc(C(=O)OCC(=O)Nc3ccccc3SCC#N)nn12. The summed E-state index contributed by atoms with van der Waals surface area (Å²) < 4.78 is 6.39. The lowest BCUT2D eigenvalue weighted by Gasteiger charge is -2.09. The van der Waals surface area contributed by atoms with Gasteiger partial charge in [0, 0.05) is 16.8 Å². The number of thioether (sulfide) groups is 1. The Hall–Kier alpha value is -3.45. The van der Waals surface area contributed by atoms with Gasteiger partial charge in [0.05, 0.1) is 17.5 Å². The molecule has 0 atom stereocenters. The van der Waals surface area contributed by atoms with Crippen molar-refractivity contribution < 1.29 is 14.3 Å². The average Bonchev–Trinajstić information content (AvgIpc) is 3.11. The number of nitrogens with zero attached hydrogens (tertiary/aromatic N) is 5. The van der Waals surface area contributed by atoms with E-state index in [0.717, 1.165) is 10.6 Å². The van der Waals surface area contributed by atoms with Gasteiger partial charge in [0.2, 0.25) is 0 Å². The number of amides is 1. The van der Waals surface area contributed by atoms with Gasteiger partial charge in [-0.25, -0.2) is 14.3 Å². The number of hydrogen-bond acceptors (Lipinski definition) is 8. The maximum absolute atomic E-state index is 12.1. The van der Waals surface area contributed by atoms with E-state index in [-0.39, 0.29) is 17.4 Å². The van der Waals surface area contributed by atoms with Crippen LogP contribution in [0.1, 0.15) is 16.3 Å². The molecule has 2 heterocycles. The number of esters is 1. The van der Waals surface area contributed by atoms with E-state index in [0.29, 0.717) is 5.69 Å². The minimum absolute atomic E-state index is 0.172. The zero-order valence-corrected chi connectivity index (χ0v) is 15.1. The summed E-state index contributed by atoms with van der Waals surface area (Å²) in [6, 6.07) is 10.8. The first-order valence-electron chi connectivity index (χ1n) is 7.82. The summed E-state index contributed by atoms with van der Waals surface area (Å²) in [5.41, 5.74) is 1.31. The summed E-state index contributed by atoms with van der Waals surface area (Å²) in [7, 11) is 0. The first-order chi connectivity index (χ1) is 13.1. The number of benzene rings is 1. The molecule has 1 N–H and O–H groups in total. The minimum Gasteiger partial charge on any atom is -0.450 e. The molecular weight excluding hydrogens is 368 g/mol. The van der Waals surface area contributed by atoms with Gasteiger partial charge < -0.3 is 10.1 Å². The Kier molecular flexibility index (Phi) is 5.63.